The van der Waals surface area contributed by atoms with E-state index in [1.54, 1.807) is 24.3 Å². The second kappa shape index (κ2) is 10.00. The van der Waals surface area contributed by atoms with Gasteiger partial charge in [-0.15, -0.1) is 0 Å². The third-order valence-corrected chi connectivity index (χ3v) is 6.54. The fourth-order valence-electron chi connectivity index (χ4n) is 4.64. The first-order valence-corrected chi connectivity index (χ1v) is 11.9. The molecule has 1 heterocycles. The molecule has 0 aromatic heterocycles. The molecule has 1 atom stereocenters. The lowest BCUT2D eigenvalue weighted by Crippen LogP contribution is -2.31. The normalized spacial score (nSPS) is 17.0. The Morgan fingerprint density at radius 1 is 0.824 bits per heavy atom. The number of carbonyl (C=O) groups is 2. The van der Waals surface area contributed by atoms with Crippen molar-refractivity contribution in [1.82, 2.24) is 0 Å². The van der Waals surface area contributed by atoms with Crippen LogP contribution in [0.1, 0.15) is 41.6 Å². The summed E-state index contributed by atoms with van der Waals surface area (Å²) in [6.07, 6.45) is 5.25. The summed E-state index contributed by atoms with van der Waals surface area (Å²) in [4.78, 5) is 25.5. The zero-order valence-corrected chi connectivity index (χ0v) is 19.1. The fourth-order valence-corrected chi connectivity index (χ4v) is 4.64. The van der Waals surface area contributed by atoms with E-state index in [-0.39, 0.29) is 11.8 Å². The Morgan fingerprint density at radius 3 is 2.38 bits per heavy atom. The van der Waals surface area contributed by atoms with Crippen molar-refractivity contribution < 1.29 is 14.3 Å². The van der Waals surface area contributed by atoms with Gasteiger partial charge < -0.3 is 20.7 Å². The van der Waals surface area contributed by atoms with Gasteiger partial charge in [-0.3, -0.25) is 9.59 Å². The second-order valence-corrected chi connectivity index (χ2v) is 9.05. The molecule has 174 valence electrons. The molecule has 3 aromatic rings. The summed E-state index contributed by atoms with van der Waals surface area (Å²) in [6.45, 7) is 1.00. The van der Waals surface area contributed by atoms with Crippen LogP contribution in [0, 0.1) is 5.92 Å². The van der Waals surface area contributed by atoms with Crippen LogP contribution in [0.3, 0.4) is 0 Å². The number of carbonyl (C=O) groups excluding carboxylic acids is 2. The van der Waals surface area contributed by atoms with Crippen LogP contribution >= 0.6 is 0 Å². The Morgan fingerprint density at radius 2 is 1.59 bits per heavy atom. The Balaban J connectivity index is 1.15. The van der Waals surface area contributed by atoms with E-state index in [9.17, 15) is 9.59 Å². The summed E-state index contributed by atoms with van der Waals surface area (Å²) in [6, 6.07) is 22.3. The number of amides is 2. The van der Waals surface area contributed by atoms with Crippen LogP contribution in [0.2, 0.25) is 0 Å². The molecule has 2 amide bonds. The molecule has 6 heteroatoms. The Hall–Kier alpha value is -3.80. The smallest absolute Gasteiger partial charge is 0.265 e. The number of hydrogen-bond donors (Lipinski definition) is 3. The lowest BCUT2D eigenvalue weighted by atomic mass is 10.1. The van der Waals surface area contributed by atoms with Crippen molar-refractivity contribution in [3.05, 3.63) is 83.9 Å². The van der Waals surface area contributed by atoms with Crippen molar-refractivity contribution >= 4 is 28.9 Å². The summed E-state index contributed by atoms with van der Waals surface area (Å²) in [7, 11) is 0. The van der Waals surface area contributed by atoms with E-state index < -0.39 is 6.10 Å². The molecule has 1 unspecified atom stereocenters. The molecule has 3 N–H and O–H groups in total. The van der Waals surface area contributed by atoms with Crippen LogP contribution < -0.4 is 20.7 Å². The second-order valence-electron chi connectivity index (χ2n) is 9.05. The van der Waals surface area contributed by atoms with E-state index in [0.29, 0.717) is 17.7 Å². The first-order chi connectivity index (χ1) is 16.6. The van der Waals surface area contributed by atoms with Gasteiger partial charge in [0.25, 0.3) is 11.8 Å². The van der Waals surface area contributed by atoms with E-state index >= 15 is 0 Å². The van der Waals surface area contributed by atoms with Gasteiger partial charge in [0.1, 0.15) is 5.75 Å². The minimum Gasteiger partial charge on any atom is -0.480 e. The third kappa shape index (κ3) is 5.22. The molecule has 1 fully saturated rings. The Labute approximate surface area is 199 Å². The zero-order chi connectivity index (χ0) is 23.3. The van der Waals surface area contributed by atoms with Crippen molar-refractivity contribution in [3.63, 3.8) is 0 Å². The maximum Gasteiger partial charge on any atom is 0.265 e. The van der Waals surface area contributed by atoms with Gasteiger partial charge in [-0.25, -0.2) is 0 Å². The zero-order valence-electron chi connectivity index (χ0n) is 19.1. The number of rotatable bonds is 7. The number of hydrogen-bond acceptors (Lipinski definition) is 4. The predicted molar refractivity (Wildman–Crippen MR) is 134 cm³/mol. The van der Waals surface area contributed by atoms with Gasteiger partial charge in [-0.05, 0) is 72.9 Å². The van der Waals surface area contributed by atoms with Crippen molar-refractivity contribution in [1.29, 1.82) is 0 Å². The van der Waals surface area contributed by atoms with Gasteiger partial charge >= 0.3 is 0 Å². The third-order valence-electron chi connectivity index (χ3n) is 6.54. The van der Waals surface area contributed by atoms with Gasteiger partial charge in [0.05, 0.1) is 0 Å². The molecule has 6 nitrogen and oxygen atoms in total. The summed E-state index contributed by atoms with van der Waals surface area (Å²) >= 11 is 0. The summed E-state index contributed by atoms with van der Waals surface area (Å²) < 4.78 is 5.76. The van der Waals surface area contributed by atoms with E-state index in [1.165, 1.54) is 25.7 Å². The highest BCUT2D eigenvalue weighted by atomic mass is 16.5. The first kappa shape index (κ1) is 22.0. The van der Waals surface area contributed by atoms with E-state index in [0.717, 1.165) is 35.2 Å². The SMILES string of the molecule is O=C(Nc1ccc(NCC2CCCC2)cc1)c1cccc(NC(=O)C2Cc3ccccc3O2)c1. The average molecular weight is 456 g/mol. The minimum absolute atomic E-state index is 0.227. The largest absolute Gasteiger partial charge is 0.480 e. The molecule has 0 bridgehead atoms. The van der Waals surface area contributed by atoms with Gasteiger partial charge in [0, 0.05) is 35.6 Å². The quantitative estimate of drug-likeness (QED) is 0.441. The van der Waals surface area contributed by atoms with Gasteiger partial charge in [0.2, 0.25) is 0 Å². The first-order valence-electron chi connectivity index (χ1n) is 11.9. The molecule has 34 heavy (non-hydrogen) atoms. The Kier molecular flexibility index (Phi) is 6.47. The summed E-state index contributed by atoms with van der Waals surface area (Å²) in [5.74, 6) is 1.06. The number of para-hydroxylation sites is 1. The highest BCUT2D eigenvalue weighted by Gasteiger charge is 2.28. The van der Waals surface area contributed by atoms with Gasteiger partial charge in [-0.1, -0.05) is 37.1 Å². The molecule has 3 aromatic carbocycles. The van der Waals surface area contributed by atoms with E-state index in [4.69, 9.17) is 4.74 Å². The van der Waals surface area contributed by atoms with E-state index in [1.807, 2.05) is 48.5 Å². The number of benzene rings is 3. The highest BCUT2D eigenvalue weighted by Crippen LogP contribution is 2.29. The number of anilines is 3. The summed E-state index contributed by atoms with van der Waals surface area (Å²) in [5.41, 5.74) is 3.84. The fraction of sp³-hybridized carbons (Fsp3) is 0.286. The molecular formula is C28H29N3O3. The number of ether oxygens (including phenoxy) is 1. The van der Waals surface area contributed by atoms with Crippen LogP contribution in [0.25, 0.3) is 0 Å². The van der Waals surface area contributed by atoms with Crippen molar-refractivity contribution in [2.24, 2.45) is 5.92 Å². The molecule has 1 aliphatic carbocycles. The number of fused-ring (bicyclic) bond motifs is 1. The van der Waals surface area contributed by atoms with Crippen LogP contribution in [0.15, 0.2) is 72.8 Å². The van der Waals surface area contributed by atoms with Crippen LogP contribution in [-0.2, 0) is 11.2 Å². The molecule has 0 radical (unpaired) electrons. The average Bonchev–Trinajstić information content (AvgIpc) is 3.54. The van der Waals surface area contributed by atoms with Crippen LogP contribution in [0.5, 0.6) is 5.75 Å². The van der Waals surface area contributed by atoms with E-state index in [2.05, 4.69) is 16.0 Å². The number of nitrogens with one attached hydrogen (secondary N) is 3. The molecule has 0 spiro atoms. The predicted octanol–water partition coefficient (Wildman–Crippen LogP) is 5.48. The van der Waals surface area contributed by atoms with Crippen molar-refractivity contribution in [3.8, 4) is 5.75 Å². The molecule has 0 saturated heterocycles. The standard InChI is InChI=1S/C28H29N3O3/c32-27(30-23-14-12-22(13-15-23)29-18-19-6-1-2-7-19)21-9-5-10-24(16-21)31-28(33)26-17-20-8-3-4-11-25(20)34-26/h3-5,8-16,19,26,29H,1-2,6-7,17-18H2,(H,30,32)(H,31,33). The molecule has 2 aliphatic rings. The minimum atomic E-state index is -0.573. The lowest BCUT2D eigenvalue weighted by molar-refractivity contribution is -0.122. The monoisotopic (exact) mass is 455 g/mol. The maximum absolute atomic E-state index is 12.8. The molecule has 1 aliphatic heterocycles. The lowest BCUT2D eigenvalue weighted by Gasteiger charge is -2.13. The van der Waals surface area contributed by atoms with Crippen molar-refractivity contribution in [2.45, 2.75) is 38.2 Å². The molecular weight excluding hydrogens is 426 g/mol. The highest BCUT2D eigenvalue weighted by molar-refractivity contribution is 6.05. The van der Waals surface area contributed by atoms with Crippen LogP contribution in [-0.4, -0.2) is 24.5 Å². The maximum atomic E-state index is 12.8. The van der Waals surface area contributed by atoms with Crippen LogP contribution in [0.4, 0.5) is 17.1 Å². The van der Waals surface area contributed by atoms with Gasteiger partial charge in [-0.2, -0.15) is 0 Å². The topological polar surface area (TPSA) is 79.5 Å². The Bertz CT molecular complexity index is 1140. The van der Waals surface area contributed by atoms with Crippen molar-refractivity contribution in [2.75, 3.05) is 22.5 Å². The van der Waals surface area contributed by atoms with Gasteiger partial charge in [0.15, 0.2) is 6.10 Å². The summed E-state index contributed by atoms with van der Waals surface area (Å²) in [5, 5.41) is 9.29. The molecule has 1 saturated carbocycles. The molecule has 5 rings (SSSR count).